The molecule has 7 heteroatoms. The van der Waals surface area contributed by atoms with Crippen molar-refractivity contribution in [1.29, 1.82) is 0 Å². The maximum Gasteiger partial charge on any atom is 0.295 e. The number of aliphatic hydroxyl groups excluding tert-OH is 1. The maximum absolute atomic E-state index is 13.1. The molecule has 0 saturated carbocycles. The molecule has 1 atom stereocenters. The molecule has 2 aromatic carbocycles. The number of carbonyl (C=O) groups is 2. The first kappa shape index (κ1) is 23.3. The zero-order chi connectivity index (χ0) is 23.3. The van der Waals surface area contributed by atoms with E-state index in [4.69, 9.17) is 14.2 Å². The number of nitrogens with zero attached hydrogens (tertiary/aromatic N) is 1. The van der Waals surface area contributed by atoms with E-state index in [1.165, 1.54) is 4.90 Å². The van der Waals surface area contributed by atoms with Gasteiger partial charge in [-0.15, -0.1) is 0 Å². The lowest BCUT2D eigenvalue weighted by molar-refractivity contribution is -0.140. The molecular weight excluding hydrogens is 410 g/mol. The number of methoxy groups -OCH3 is 2. The molecule has 0 spiro atoms. The van der Waals surface area contributed by atoms with Crippen LogP contribution < -0.4 is 9.47 Å². The largest absolute Gasteiger partial charge is 0.507 e. The third-order valence-corrected chi connectivity index (χ3v) is 5.46. The Hall–Kier alpha value is -3.32. The molecule has 0 aromatic heterocycles. The summed E-state index contributed by atoms with van der Waals surface area (Å²) in [5.74, 6) is -0.278. The van der Waals surface area contributed by atoms with Crippen molar-refractivity contribution in [3.8, 4) is 11.5 Å². The van der Waals surface area contributed by atoms with Gasteiger partial charge in [0.15, 0.2) is 0 Å². The first-order valence-corrected chi connectivity index (χ1v) is 10.6. The van der Waals surface area contributed by atoms with Crippen LogP contribution in [0.4, 0.5) is 0 Å². The van der Waals surface area contributed by atoms with Gasteiger partial charge in [0.2, 0.25) is 0 Å². The average Bonchev–Trinajstić information content (AvgIpc) is 3.04. The van der Waals surface area contributed by atoms with Crippen LogP contribution in [-0.2, 0) is 14.3 Å². The third kappa shape index (κ3) is 4.62. The number of ketones is 1. The molecule has 7 nitrogen and oxygen atoms in total. The van der Waals surface area contributed by atoms with Crippen LogP contribution in [-0.4, -0.2) is 55.7 Å². The summed E-state index contributed by atoms with van der Waals surface area (Å²) in [5.41, 5.74) is 1.97. The molecule has 1 unspecified atom stereocenters. The number of amides is 1. The second-order valence-electron chi connectivity index (χ2n) is 7.53. The number of carbonyl (C=O) groups excluding carboxylic acids is 2. The van der Waals surface area contributed by atoms with Gasteiger partial charge in [-0.25, -0.2) is 0 Å². The number of aliphatic hydroxyl groups is 1. The Morgan fingerprint density at radius 3 is 2.53 bits per heavy atom. The number of hydrogen-bond donors (Lipinski definition) is 1. The fourth-order valence-corrected chi connectivity index (χ4v) is 3.95. The molecule has 0 aliphatic carbocycles. The molecule has 0 radical (unpaired) electrons. The minimum Gasteiger partial charge on any atom is -0.507 e. The van der Waals surface area contributed by atoms with Crippen LogP contribution in [0.15, 0.2) is 48.0 Å². The van der Waals surface area contributed by atoms with E-state index in [2.05, 4.69) is 0 Å². The standard InChI is InChI=1S/C25H29NO6/c1-5-32-19-9-6-8-17(15-19)22-21(24(28)25(29)26(22)12-7-13-30-3)23(27)20-11-10-18(31-4)14-16(20)2/h6,8-11,14-15,22,27H,5,7,12-13H2,1-4H3/b23-21+. The van der Waals surface area contributed by atoms with Gasteiger partial charge in [-0.1, -0.05) is 12.1 Å². The summed E-state index contributed by atoms with van der Waals surface area (Å²) in [5, 5.41) is 11.2. The van der Waals surface area contributed by atoms with Crippen molar-refractivity contribution in [3.05, 3.63) is 64.7 Å². The van der Waals surface area contributed by atoms with E-state index in [0.29, 0.717) is 48.8 Å². The first-order valence-electron chi connectivity index (χ1n) is 10.6. The van der Waals surface area contributed by atoms with Crippen LogP contribution in [0.5, 0.6) is 11.5 Å². The van der Waals surface area contributed by atoms with Gasteiger partial charge in [0, 0.05) is 25.8 Å². The SMILES string of the molecule is CCOc1cccc(C2/C(=C(\O)c3ccc(OC)cc3C)C(=O)C(=O)N2CCCOC)c1. The van der Waals surface area contributed by atoms with E-state index in [1.807, 2.05) is 32.0 Å². The lowest BCUT2D eigenvalue weighted by Gasteiger charge is -2.25. The van der Waals surface area contributed by atoms with Gasteiger partial charge < -0.3 is 24.2 Å². The molecule has 32 heavy (non-hydrogen) atoms. The summed E-state index contributed by atoms with van der Waals surface area (Å²) in [6.45, 7) is 4.96. The number of benzene rings is 2. The first-order chi connectivity index (χ1) is 15.4. The number of Topliss-reactive ketones (excluding diaryl/α,β-unsaturated/α-hetero) is 1. The highest BCUT2D eigenvalue weighted by Gasteiger charge is 2.46. The van der Waals surface area contributed by atoms with E-state index < -0.39 is 17.7 Å². The van der Waals surface area contributed by atoms with E-state index >= 15 is 0 Å². The number of rotatable bonds is 9. The zero-order valence-corrected chi connectivity index (χ0v) is 18.9. The second-order valence-corrected chi connectivity index (χ2v) is 7.53. The van der Waals surface area contributed by atoms with Crippen LogP contribution >= 0.6 is 0 Å². The van der Waals surface area contributed by atoms with Gasteiger partial charge in [0.25, 0.3) is 11.7 Å². The van der Waals surface area contributed by atoms with Crippen LogP contribution in [0.25, 0.3) is 5.76 Å². The van der Waals surface area contributed by atoms with Gasteiger partial charge in [0.05, 0.1) is 25.3 Å². The lowest BCUT2D eigenvalue weighted by Crippen LogP contribution is -2.31. The summed E-state index contributed by atoms with van der Waals surface area (Å²) in [6.07, 6.45) is 0.562. The lowest BCUT2D eigenvalue weighted by atomic mass is 9.93. The highest BCUT2D eigenvalue weighted by Crippen LogP contribution is 2.41. The monoisotopic (exact) mass is 439 g/mol. The minimum atomic E-state index is -0.728. The fraction of sp³-hybridized carbons (Fsp3) is 0.360. The number of hydrogen-bond acceptors (Lipinski definition) is 6. The highest BCUT2D eigenvalue weighted by molar-refractivity contribution is 6.46. The molecule has 170 valence electrons. The van der Waals surface area contributed by atoms with Gasteiger partial charge in [-0.2, -0.15) is 0 Å². The van der Waals surface area contributed by atoms with Gasteiger partial charge in [0.1, 0.15) is 17.3 Å². The minimum absolute atomic E-state index is 0.0642. The van der Waals surface area contributed by atoms with Crippen molar-refractivity contribution in [2.75, 3.05) is 34.0 Å². The van der Waals surface area contributed by atoms with Crippen LogP contribution in [0.3, 0.4) is 0 Å². The molecule has 2 aromatic rings. The Balaban J connectivity index is 2.15. The molecule has 0 bridgehead atoms. The van der Waals surface area contributed by atoms with E-state index in [-0.39, 0.29) is 11.3 Å². The molecule has 1 fully saturated rings. The van der Waals surface area contributed by atoms with Crippen molar-refractivity contribution < 1.29 is 28.9 Å². The second kappa shape index (κ2) is 10.3. The quantitative estimate of drug-likeness (QED) is 0.276. The Morgan fingerprint density at radius 1 is 1.09 bits per heavy atom. The molecule has 1 heterocycles. The molecule has 1 aliphatic heterocycles. The number of ether oxygens (including phenoxy) is 3. The summed E-state index contributed by atoms with van der Waals surface area (Å²) in [4.78, 5) is 27.6. The number of aryl methyl sites for hydroxylation is 1. The van der Waals surface area contributed by atoms with Crippen molar-refractivity contribution in [2.24, 2.45) is 0 Å². The predicted molar refractivity (Wildman–Crippen MR) is 121 cm³/mol. The molecule has 1 saturated heterocycles. The highest BCUT2D eigenvalue weighted by atomic mass is 16.5. The van der Waals surface area contributed by atoms with E-state index in [9.17, 15) is 14.7 Å². The fourth-order valence-electron chi connectivity index (χ4n) is 3.95. The number of likely N-dealkylation sites (tertiary alicyclic amines) is 1. The Morgan fingerprint density at radius 2 is 1.88 bits per heavy atom. The Bertz CT molecular complexity index is 1030. The average molecular weight is 440 g/mol. The normalized spacial score (nSPS) is 17.6. The third-order valence-electron chi connectivity index (χ3n) is 5.46. The predicted octanol–water partition coefficient (Wildman–Crippen LogP) is 3.86. The summed E-state index contributed by atoms with van der Waals surface area (Å²) in [6, 6.07) is 11.7. The molecular formula is C25H29NO6. The Kier molecular flexibility index (Phi) is 7.53. The van der Waals surface area contributed by atoms with Gasteiger partial charge in [-0.05, 0) is 61.7 Å². The van der Waals surface area contributed by atoms with Crippen LogP contribution in [0.1, 0.15) is 36.1 Å². The summed E-state index contributed by atoms with van der Waals surface area (Å²) in [7, 11) is 3.15. The molecule has 3 rings (SSSR count). The van der Waals surface area contributed by atoms with Crippen molar-refractivity contribution in [3.63, 3.8) is 0 Å². The van der Waals surface area contributed by atoms with E-state index in [0.717, 1.165) is 5.56 Å². The summed E-state index contributed by atoms with van der Waals surface area (Å²) >= 11 is 0. The van der Waals surface area contributed by atoms with Crippen LogP contribution in [0.2, 0.25) is 0 Å². The topological polar surface area (TPSA) is 85.3 Å². The maximum atomic E-state index is 13.1. The molecule has 1 amide bonds. The van der Waals surface area contributed by atoms with Gasteiger partial charge >= 0.3 is 0 Å². The van der Waals surface area contributed by atoms with Crippen molar-refractivity contribution in [1.82, 2.24) is 4.90 Å². The van der Waals surface area contributed by atoms with Crippen molar-refractivity contribution in [2.45, 2.75) is 26.3 Å². The molecule has 1 N–H and O–H groups in total. The molecule has 1 aliphatic rings. The Labute approximate surface area is 188 Å². The van der Waals surface area contributed by atoms with Crippen molar-refractivity contribution >= 4 is 17.4 Å². The zero-order valence-electron chi connectivity index (χ0n) is 18.9. The van der Waals surface area contributed by atoms with Gasteiger partial charge in [-0.3, -0.25) is 9.59 Å². The smallest absolute Gasteiger partial charge is 0.295 e. The summed E-state index contributed by atoms with van der Waals surface area (Å²) < 4.78 is 16.0. The van der Waals surface area contributed by atoms with Crippen LogP contribution in [0, 0.1) is 6.92 Å². The van der Waals surface area contributed by atoms with E-state index in [1.54, 1.807) is 38.5 Å².